The summed E-state index contributed by atoms with van der Waals surface area (Å²) in [7, 11) is 0. The second-order valence-electron chi connectivity index (χ2n) is 5.30. The number of aromatic nitrogens is 1. The molecule has 0 unspecified atom stereocenters. The maximum absolute atomic E-state index is 12.7. The topological polar surface area (TPSA) is 82.0 Å². The molecule has 1 aliphatic rings. The Morgan fingerprint density at radius 2 is 1.91 bits per heavy atom. The highest BCUT2D eigenvalue weighted by Gasteiger charge is 2.25. The first kappa shape index (κ1) is 13.0. The van der Waals surface area contributed by atoms with Gasteiger partial charge in [-0.05, 0) is 28.8 Å². The summed E-state index contributed by atoms with van der Waals surface area (Å²) in [6.07, 6.45) is 2.34. The zero-order chi connectivity index (χ0) is 15.3. The third kappa shape index (κ3) is 1.90. The average Bonchev–Trinajstić information content (AvgIpc) is 2.88. The van der Waals surface area contributed by atoms with E-state index >= 15 is 0 Å². The molecule has 4 rings (SSSR count). The highest BCUT2D eigenvalue weighted by Crippen LogP contribution is 2.38. The van der Waals surface area contributed by atoms with Gasteiger partial charge < -0.3 is 11.5 Å². The summed E-state index contributed by atoms with van der Waals surface area (Å²) < 4.78 is 0.829. The van der Waals surface area contributed by atoms with E-state index in [9.17, 15) is 4.79 Å². The van der Waals surface area contributed by atoms with E-state index in [0.717, 1.165) is 21.4 Å². The van der Waals surface area contributed by atoms with Crippen LogP contribution in [0.3, 0.4) is 0 Å². The summed E-state index contributed by atoms with van der Waals surface area (Å²) >= 11 is 1.34. The van der Waals surface area contributed by atoms with Gasteiger partial charge in [-0.25, -0.2) is 4.98 Å². The van der Waals surface area contributed by atoms with E-state index in [0.29, 0.717) is 28.3 Å². The van der Waals surface area contributed by atoms with Crippen molar-refractivity contribution in [3.63, 3.8) is 0 Å². The Hall–Kier alpha value is -2.66. The van der Waals surface area contributed by atoms with Crippen LogP contribution in [0.1, 0.15) is 21.5 Å². The molecule has 0 fully saturated rings. The number of nitrogen functional groups attached to an aromatic ring is 2. The number of hydrogen-bond donors (Lipinski definition) is 2. The molecule has 0 atom stereocenters. The summed E-state index contributed by atoms with van der Waals surface area (Å²) in [6.45, 7) is 0. The van der Waals surface area contributed by atoms with Gasteiger partial charge in [0.05, 0.1) is 10.2 Å². The minimum atomic E-state index is -0.0268. The molecule has 0 saturated heterocycles. The molecule has 4 N–H and O–H groups in total. The van der Waals surface area contributed by atoms with Gasteiger partial charge in [0.1, 0.15) is 0 Å². The van der Waals surface area contributed by atoms with E-state index in [1.165, 1.54) is 11.3 Å². The smallest absolute Gasteiger partial charge is 0.188 e. The number of benzene rings is 2. The first-order valence-electron chi connectivity index (χ1n) is 6.91. The molecule has 0 saturated carbocycles. The zero-order valence-corrected chi connectivity index (χ0v) is 12.5. The first-order valence-corrected chi connectivity index (χ1v) is 7.73. The SMILES string of the molecule is Nc1nc2cc(N)c3c(c2s1)C(=O)C=C(c1ccccc1)C3. The van der Waals surface area contributed by atoms with Crippen LogP contribution in [0.4, 0.5) is 10.8 Å². The van der Waals surface area contributed by atoms with Crippen LogP contribution >= 0.6 is 11.3 Å². The van der Waals surface area contributed by atoms with Crippen molar-refractivity contribution < 1.29 is 4.79 Å². The molecule has 1 aliphatic carbocycles. The van der Waals surface area contributed by atoms with Crippen LogP contribution in [0.25, 0.3) is 15.8 Å². The molecule has 2 aromatic carbocycles. The van der Waals surface area contributed by atoms with Crippen LogP contribution in [0, 0.1) is 0 Å². The number of carbonyl (C=O) groups is 1. The van der Waals surface area contributed by atoms with Gasteiger partial charge in [-0.2, -0.15) is 0 Å². The van der Waals surface area contributed by atoms with E-state index < -0.39 is 0 Å². The second kappa shape index (κ2) is 4.68. The molecular formula is C17H13N3OS. The summed E-state index contributed by atoms with van der Waals surface area (Å²) in [5.74, 6) is -0.0268. The van der Waals surface area contributed by atoms with E-state index in [1.807, 2.05) is 36.4 Å². The molecule has 0 aliphatic heterocycles. The van der Waals surface area contributed by atoms with Crippen LogP contribution in [0.15, 0.2) is 42.5 Å². The molecule has 0 spiro atoms. The van der Waals surface area contributed by atoms with Crippen molar-refractivity contribution in [2.75, 3.05) is 11.5 Å². The lowest BCUT2D eigenvalue weighted by atomic mass is 9.86. The molecule has 1 heterocycles. The molecule has 0 amide bonds. The number of thiazole rings is 1. The van der Waals surface area contributed by atoms with Crippen LogP contribution in [-0.4, -0.2) is 10.8 Å². The molecule has 22 heavy (non-hydrogen) atoms. The minimum absolute atomic E-state index is 0.0268. The van der Waals surface area contributed by atoms with Gasteiger partial charge in [0.25, 0.3) is 0 Å². The van der Waals surface area contributed by atoms with Crippen molar-refractivity contribution in [1.29, 1.82) is 0 Å². The van der Waals surface area contributed by atoms with Gasteiger partial charge in [0.15, 0.2) is 10.9 Å². The van der Waals surface area contributed by atoms with E-state index in [4.69, 9.17) is 11.5 Å². The standard InChI is InChI=1S/C17H13N3OS/c18-12-8-13-16(22-17(19)20-13)15-11(12)6-10(7-14(15)21)9-4-2-1-3-5-9/h1-5,7-8H,6,18H2,(H2,19,20). The molecule has 0 radical (unpaired) electrons. The number of ketones is 1. The quantitative estimate of drug-likeness (QED) is 0.676. The Bertz CT molecular complexity index is 941. The lowest BCUT2D eigenvalue weighted by molar-refractivity contribution is 0.104. The average molecular weight is 307 g/mol. The largest absolute Gasteiger partial charge is 0.398 e. The number of carbonyl (C=O) groups excluding carboxylic acids is 1. The summed E-state index contributed by atoms with van der Waals surface area (Å²) in [6, 6.07) is 11.7. The molecule has 3 aromatic rings. The lowest BCUT2D eigenvalue weighted by Crippen LogP contribution is -2.12. The predicted octanol–water partition coefficient (Wildman–Crippen LogP) is 3.28. The first-order chi connectivity index (χ1) is 10.6. The number of allylic oxidation sites excluding steroid dienone is 2. The lowest BCUT2D eigenvalue weighted by Gasteiger charge is -2.18. The van der Waals surface area contributed by atoms with Gasteiger partial charge in [-0.1, -0.05) is 41.7 Å². The van der Waals surface area contributed by atoms with Crippen molar-refractivity contribution in [3.05, 3.63) is 59.2 Å². The van der Waals surface area contributed by atoms with E-state index in [2.05, 4.69) is 4.98 Å². The third-order valence-corrected chi connectivity index (χ3v) is 4.82. The summed E-state index contributed by atoms with van der Waals surface area (Å²) in [5, 5.41) is 0.452. The normalized spacial score (nSPS) is 14.0. The Balaban J connectivity index is 1.93. The Labute approximate surface area is 131 Å². The maximum Gasteiger partial charge on any atom is 0.188 e. The predicted molar refractivity (Wildman–Crippen MR) is 90.9 cm³/mol. The monoisotopic (exact) mass is 307 g/mol. The fraction of sp³-hybridized carbons (Fsp3) is 0.0588. The zero-order valence-electron chi connectivity index (χ0n) is 11.7. The van der Waals surface area contributed by atoms with Crippen LogP contribution < -0.4 is 11.5 Å². The molecule has 5 heteroatoms. The number of rotatable bonds is 1. The van der Waals surface area contributed by atoms with Crippen LogP contribution in [0.2, 0.25) is 0 Å². The van der Waals surface area contributed by atoms with Crippen LogP contribution in [-0.2, 0) is 6.42 Å². The van der Waals surface area contributed by atoms with E-state index in [1.54, 1.807) is 6.08 Å². The van der Waals surface area contributed by atoms with Gasteiger partial charge in [-0.15, -0.1) is 0 Å². The molecule has 1 aromatic heterocycles. The Morgan fingerprint density at radius 3 is 2.68 bits per heavy atom. The number of hydrogen-bond acceptors (Lipinski definition) is 5. The van der Waals surface area contributed by atoms with Crippen molar-refractivity contribution in [2.45, 2.75) is 6.42 Å². The van der Waals surface area contributed by atoms with Crippen molar-refractivity contribution in [1.82, 2.24) is 4.98 Å². The fourth-order valence-corrected chi connectivity index (χ4v) is 3.79. The van der Waals surface area contributed by atoms with E-state index in [-0.39, 0.29) is 5.78 Å². The molecule has 0 bridgehead atoms. The van der Waals surface area contributed by atoms with Crippen LogP contribution in [0.5, 0.6) is 0 Å². The summed E-state index contributed by atoms with van der Waals surface area (Å²) in [4.78, 5) is 16.9. The number of fused-ring (bicyclic) bond motifs is 3. The molecule has 4 nitrogen and oxygen atoms in total. The van der Waals surface area contributed by atoms with Crippen molar-refractivity contribution >= 4 is 43.7 Å². The number of anilines is 2. The fourth-order valence-electron chi connectivity index (χ4n) is 2.90. The van der Waals surface area contributed by atoms with Gasteiger partial charge in [0.2, 0.25) is 0 Å². The number of nitrogens with zero attached hydrogens (tertiary/aromatic N) is 1. The minimum Gasteiger partial charge on any atom is -0.398 e. The van der Waals surface area contributed by atoms with Gasteiger partial charge in [-0.3, -0.25) is 4.79 Å². The summed E-state index contributed by atoms with van der Waals surface area (Å²) in [5.41, 5.74) is 16.8. The molecular weight excluding hydrogens is 294 g/mol. The Kier molecular flexibility index (Phi) is 2.77. The number of nitrogens with two attached hydrogens (primary N) is 2. The Morgan fingerprint density at radius 1 is 1.14 bits per heavy atom. The molecule has 108 valence electrons. The maximum atomic E-state index is 12.7. The van der Waals surface area contributed by atoms with Crippen molar-refractivity contribution in [3.8, 4) is 0 Å². The third-order valence-electron chi connectivity index (χ3n) is 3.90. The van der Waals surface area contributed by atoms with Crippen molar-refractivity contribution in [2.24, 2.45) is 0 Å². The van der Waals surface area contributed by atoms with Gasteiger partial charge >= 0.3 is 0 Å². The highest BCUT2D eigenvalue weighted by molar-refractivity contribution is 7.22. The van der Waals surface area contributed by atoms with Gasteiger partial charge in [0, 0.05) is 17.7 Å². The highest BCUT2D eigenvalue weighted by atomic mass is 32.1. The second-order valence-corrected chi connectivity index (χ2v) is 6.33.